The molecule has 1 saturated carbocycles. The molecule has 0 unspecified atom stereocenters. The molecule has 1 aromatic heterocycles. The minimum Gasteiger partial charge on any atom is -0.481 e. The van der Waals surface area contributed by atoms with E-state index in [4.69, 9.17) is 5.11 Å². The molecule has 2 aliphatic rings. The van der Waals surface area contributed by atoms with Crippen LogP contribution in [-0.4, -0.2) is 33.9 Å². The maximum Gasteiger partial charge on any atom is 0.303 e. The Morgan fingerprint density at radius 2 is 2.05 bits per heavy atom. The zero-order valence-electron chi connectivity index (χ0n) is 11.4. The molecule has 6 heteroatoms. The molecule has 0 aromatic carbocycles. The number of aliphatic carboxylic acids is 1. The second-order valence-electron chi connectivity index (χ2n) is 5.97. The maximum absolute atomic E-state index is 12.1. The summed E-state index contributed by atoms with van der Waals surface area (Å²) in [6.07, 6.45) is 5.89. The number of hydrogen-bond acceptors (Lipinski definition) is 4. The van der Waals surface area contributed by atoms with Gasteiger partial charge in [-0.1, -0.05) is 0 Å². The van der Waals surface area contributed by atoms with Crippen LogP contribution in [-0.2, 0) is 11.3 Å². The highest BCUT2D eigenvalue weighted by Crippen LogP contribution is 2.49. The lowest BCUT2D eigenvalue weighted by molar-refractivity contribution is -0.138. The molecule has 1 aliphatic heterocycles. The summed E-state index contributed by atoms with van der Waals surface area (Å²) in [5, 5.41) is 13.1. The highest BCUT2D eigenvalue weighted by atomic mass is 16.4. The van der Waals surface area contributed by atoms with E-state index < -0.39 is 5.97 Å². The van der Waals surface area contributed by atoms with Gasteiger partial charge < -0.3 is 10.0 Å². The van der Waals surface area contributed by atoms with Crippen LogP contribution in [0, 0.1) is 5.41 Å². The molecular formula is C14H19N3O3. The number of hydrogen-bond donors (Lipinski definition) is 1. The molecule has 1 N–H and O–H groups in total. The molecular weight excluding hydrogens is 258 g/mol. The molecule has 1 aromatic rings. The van der Waals surface area contributed by atoms with E-state index in [2.05, 4.69) is 10.00 Å². The lowest BCUT2D eigenvalue weighted by Crippen LogP contribution is -2.29. The van der Waals surface area contributed by atoms with Gasteiger partial charge in [0.25, 0.3) is 5.56 Å². The third-order valence-electron chi connectivity index (χ3n) is 4.29. The molecule has 0 radical (unpaired) electrons. The van der Waals surface area contributed by atoms with Crippen LogP contribution in [0.2, 0.25) is 0 Å². The molecule has 0 spiro atoms. The zero-order chi connectivity index (χ0) is 14.2. The summed E-state index contributed by atoms with van der Waals surface area (Å²) in [5.74, 6) is -0.802. The molecule has 1 aliphatic carbocycles. The largest absolute Gasteiger partial charge is 0.481 e. The van der Waals surface area contributed by atoms with E-state index in [1.54, 1.807) is 12.3 Å². The van der Waals surface area contributed by atoms with E-state index >= 15 is 0 Å². The molecule has 0 bridgehead atoms. The van der Waals surface area contributed by atoms with Gasteiger partial charge in [0.1, 0.15) is 0 Å². The minimum atomic E-state index is -0.802. The number of rotatable bonds is 5. The Morgan fingerprint density at radius 3 is 2.60 bits per heavy atom. The van der Waals surface area contributed by atoms with E-state index in [1.807, 2.05) is 0 Å². The van der Waals surface area contributed by atoms with Gasteiger partial charge in [0, 0.05) is 24.6 Å². The summed E-state index contributed by atoms with van der Waals surface area (Å²) in [6.45, 7) is 2.38. The fourth-order valence-corrected chi connectivity index (χ4v) is 2.90. The lowest BCUT2D eigenvalue weighted by atomic mass is 10.0. The van der Waals surface area contributed by atoms with Crippen LogP contribution in [0.5, 0.6) is 0 Å². The van der Waals surface area contributed by atoms with Gasteiger partial charge in [-0.15, -0.1) is 0 Å². The summed E-state index contributed by atoms with van der Waals surface area (Å²) in [5.41, 5.74) is 0.496. The van der Waals surface area contributed by atoms with Crippen molar-refractivity contribution in [2.24, 2.45) is 5.41 Å². The van der Waals surface area contributed by atoms with E-state index in [-0.39, 0.29) is 17.4 Å². The van der Waals surface area contributed by atoms with Crippen molar-refractivity contribution in [3.05, 3.63) is 22.6 Å². The molecule has 2 fully saturated rings. The quantitative estimate of drug-likeness (QED) is 0.872. The second-order valence-corrected chi connectivity index (χ2v) is 5.97. The fourth-order valence-electron chi connectivity index (χ4n) is 2.90. The predicted octanol–water partition coefficient (Wildman–Crippen LogP) is 1.10. The minimum absolute atomic E-state index is 0.120. The topological polar surface area (TPSA) is 75.4 Å². The predicted molar refractivity (Wildman–Crippen MR) is 73.9 cm³/mol. The SMILES string of the molecule is O=C(O)CC1(Cn2ncc(N3CCCC3)cc2=O)CC1. The summed E-state index contributed by atoms with van der Waals surface area (Å²) in [7, 11) is 0. The number of carbonyl (C=O) groups is 1. The van der Waals surface area contributed by atoms with Crippen LogP contribution >= 0.6 is 0 Å². The van der Waals surface area contributed by atoms with Gasteiger partial charge in [-0.25, -0.2) is 4.68 Å². The Hall–Kier alpha value is -1.85. The highest BCUT2D eigenvalue weighted by molar-refractivity contribution is 5.68. The first-order valence-corrected chi connectivity index (χ1v) is 7.12. The average Bonchev–Trinajstić information content (AvgIpc) is 2.92. The highest BCUT2D eigenvalue weighted by Gasteiger charge is 2.45. The van der Waals surface area contributed by atoms with Crippen LogP contribution in [0.1, 0.15) is 32.1 Å². The number of nitrogens with zero attached hydrogens (tertiary/aromatic N) is 3. The first-order chi connectivity index (χ1) is 9.58. The summed E-state index contributed by atoms with van der Waals surface area (Å²) in [6, 6.07) is 1.62. The van der Waals surface area contributed by atoms with Crippen molar-refractivity contribution in [3.63, 3.8) is 0 Å². The Balaban J connectivity index is 1.74. The van der Waals surface area contributed by atoms with Crippen molar-refractivity contribution in [2.45, 2.75) is 38.6 Å². The van der Waals surface area contributed by atoms with Crippen LogP contribution < -0.4 is 10.5 Å². The van der Waals surface area contributed by atoms with Gasteiger partial charge in [0.05, 0.1) is 24.8 Å². The van der Waals surface area contributed by atoms with E-state index in [1.165, 1.54) is 4.68 Å². The molecule has 6 nitrogen and oxygen atoms in total. The number of carboxylic acids is 1. The van der Waals surface area contributed by atoms with E-state index in [0.29, 0.717) is 6.54 Å². The smallest absolute Gasteiger partial charge is 0.303 e. The monoisotopic (exact) mass is 277 g/mol. The standard InChI is InChI=1S/C14H19N3O3/c18-12-7-11(16-5-1-2-6-16)9-15-17(12)10-14(3-4-14)8-13(19)20/h7,9H,1-6,8,10H2,(H,19,20). The van der Waals surface area contributed by atoms with Gasteiger partial charge in [-0.2, -0.15) is 5.10 Å². The van der Waals surface area contributed by atoms with Crippen molar-refractivity contribution in [2.75, 3.05) is 18.0 Å². The summed E-state index contributed by atoms with van der Waals surface area (Å²) >= 11 is 0. The maximum atomic E-state index is 12.1. The van der Waals surface area contributed by atoms with Gasteiger partial charge in [0.2, 0.25) is 0 Å². The molecule has 1 saturated heterocycles. The second kappa shape index (κ2) is 4.92. The van der Waals surface area contributed by atoms with Crippen molar-refractivity contribution in [3.8, 4) is 0 Å². The van der Waals surface area contributed by atoms with E-state index in [9.17, 15) is 9.59 Å². The molecule has 20 heavy (non-hydrogen) atoms. The Labute approximate surface area is 117 Å². The van der Waals surface area contributed by atoms with Crippen LogP contribution in [0.3, 0.4) is 0 Å². The molecule has 0 atom stereocenters. The van der Waals surface area contributed by atoms with Crippen LogP contribution in [0.4, 0.5) is 5.69 Å². The van der Waals surface area contributed by atoms with E-state index in [0.717, 1.165) is 44.5 Å². The Bertz CT molecular complexity index is 571. The van der Waals surface area contributed by atoms with Crippen molar-refractivity contribution < 1.29 is 9.90 Å². The lowest BCUT2D eigenvalue weighted by Gasteiger charge is -2.18. The van der Waals surface area contributed by atoms with Gasteiger partial charge in [-0.05, 0) is 25.7 Å². The first kappa shape index (κ1) is 13.1. The average molecular weight is 277 g/mol. The zero-order valence-corrected chi connectivity index (χ0v) is 11.4. The van der Waals surface area contributed by atoms with Gasteiger partial charge >= 0.3 is 5.97 Å². The third kappa shape index (κ3) is 2.69. The van der Waals surface area contributed by atoms with Crippen molar-refractivity contribution in [1.82, 2.24) is 9.78 Å². The summed E-state index contributed by atoms with van der Waals surface area (Å²) < 4.78 is 1.41. The van der Waals surface area contributed by atoms with Crippen LogP contribution in [0.15, 0.2) is 17.1 Å². The Kier molecular flexibility index (Phi) is 3.23. The molecule has 2 heterocycles. The van der Waals surface area contributed by atoms with Gasteiger partial charge in [-0.3, -0.25) is 9.59 Å². The number of aromatic nitrogens is 2. The molecule has 3 rings (SSSR count). The third-order valence-corrected chi connectivity index (χ3v) is 4.29. The molecule has 0 amide bonds. The van der Waals surface area contributed by atoms with Crippen molar-refractivity contribution in [1.29, 1.82) is 0 Å². The first-order valence-electron chi connectivity index (χ1n) is 7.12. The number of anilines is 1. The summed E-state index contributed by atoms with van der Waals surface area (Å²) in [4.78, 5) is 25.1. The van der Waals surface area contributed by atoms with Gasteiger partial charge in [0.15, 0.2) is 0 Å². The fraction of sp³-hybridized carbons (Fsp3) is 0.643. The molecule has 108 valence electrons. The number of carboxylic acid groups (broad SMARTS) is 1. The van der Waals surface area contributed by atoms with Crippen molar-refractivity contribution >= 4 is 11.7 Å². The Morgan fingerprint density at radius 1 is 1.35 bits per heavy atom. The normalized spacial score (nSPS) is 20.1. The van der Waals surface area contributed by atoms with Crippen LogP contribution in [0.25, 0.3) is 0 Å².